The molecular weight excluding hydrogens is 422 g/mol. The molecule has 1 saturated carbocycles. The average molecular weight is 443 g/mol. The van der Waals surface area contributed by atoms with Gasteiger partial charge in [0, 0.05) is 38.2 Å². The minimum Gasteiger partial charge on any atom is -0.492 e. The van der Waals surface area contributed by atoms with Crippen LogP contribution in [-0.4, -0.2) is 39.6 Å². The maximum absolute atomic E-state index is 14.1. The van der Waals surface area contributed by atoms with E-state index in [1.807, 2.05) is 0 Å². The first-order valence-electron chi connectivity index (χ1n) is 9.39. The second-order valence-electron chi connectivity index (χ2n) is 7.51. The molecule has 3 N–H and O–H groups in total. The number of primary amides is 1. The van der Waals surface area contributed by atoms with Crippen LogP contribution < -0.4 is 15.8 Å². The number of hydrogen-bond donors (Lipinski definition) is 2. The SMILES string of the molecule is COc1c(C(C)(F)F)nn(C[C@@H]2CCC(F)(F)C2)c1C(=O)Nc1ccnc(C(N)=O)c1. The number of carbonyl (C=O) groups excluding carboxylic acids is 2. The Morgan fingerprint density at radius 3 is 2.68 bits per heavy atom. The van der Waals surface area contributed by atoms with Crippen LogP contribution >= 0.6 is 0 Å². The summed E-state index contributed by atoms with van der Waals surface area (Å²) in [5.74, 6) is -8.99. The third kappa shape index (κ3) is 4.94. The summed E-state index contributed by atoms with van der Waals surface area (Å²) in [6.07, 6.45) is 0.651. The fourth-order valence-corrected chi connectivity index (χ4v) is 3.55. The predicted molar refractivity (Wildman–Crippen MR) is 101 cm³/mol. The molecule has 12 heteroatoms. The molecule has 2 heterocycles. The van der Waals surface area contributed by atoms with Crippen LogP contribution in [-0.2, 0) is 12.5 Å². The van der Waals surface area contributed by atoms with Gasteiger partial charge in [-0.25, -0.2) is 8.78 Å². The van der Waals surface area contributed by atoms with Crippen LogP contribution in [0.25, 0.3) is 0 Å². The summed E-state index contributed by atoms with van der Waals surface area (Å²) in [5, 5.41) is 6.28. The van der Waals surface area contributed by atoms with Crippen LogP contribution in [0.1, 0.15) is 52.9 Å². The number of hydrogen-bond acceptors (Lipinski definition) is 5. The molecule has 1 atom stereocenters. The number of nitrogens with zero attached hydrogens (tertiary/aromatic N) is 3. The molecular formula is C19H21F4N5O3. The van der Waals surface area contributed by atoms with Gasteiger partial charge >= 0.3 is 0 Å². The third-order valence-electron chi connectivity index (χ3n) is 4.95. The molecule has 31 heavy (non-hydrogen) atoms. The fourth-order valence-electron chi connectivity index (χ4n) is 3.55. The second kappa shape index (κ2) is 8.16. The topological polar surface area (TPSA) is 112 Å². The molecule has 3 rings (SSSR count). The molecule has 0 aromatic carbocycles. The molecule has 0 unspecified atom stereocenters. The van der Waals surface area contributed by atoms with Crippen LogP contribution in [0.2, 0.25) is 0 Å². The number of amides is 2. The lowest BCUT2D eigenvalue weighted by Gasteiger charge is -2.14. The Morgan fingerprint density at radius 2 is 2.13 bits per heavy atom. The van der Waals surface area contributed by atoms with Crippen molar-refractivity contribution < 1.29 is 31.9 Å². The summed E-state index contributed by atoms with van der Waals surface area (Å²) in [5.41, 5.74) is 4.05. The van der Waals surface area contributed by atoms with Crippen LogP contribution in [0, 0.1) is 5.92 Å². The van der Waals surface area contributed by atoms with Gasteiger partial charge in [0.2, 0.25) is 5.92 Å². The van der Waals surface area contributed by atoms with Gasteiger partial charge in [-0.2, -0.15) is 13.9 Å². The van der Waals surface area contributed by atoms with Gasteiger partial charge < -0.3 is 15.8 Å². The van der Waals surface area contributed by atoms with Gasteiger partial charge in [0.1, 0.15) is 5.69 Å². The van der Waals surface area contributed by atoms with Crippen LogP contribution in [0.3, 0.4) is 0 Å². The fraction of sp³-hybridized carbons (Fsp3) is 0.474. The maximum Gasteiger partial charge on any atom is 0.292 e. The molecule has 2 aromatic rings. The lowest BCUT2D eigenvalue weighted by molar-refractivity contribution is 0.00330. The minimum atomic E-state index is -3.44. The van der Waals surface area contributed by atoms with E-state index in [2.05, 4.69) is 15.4 Å². The van der Waals surface area contributed by atoms with E-state index in [9.17, 15) is 27.2 Å². The van der Waals surface area contributed by atoms with Gasteiger partial charge in [-0.3, -0.25) is 19.3 Å². The number of halogens is 4. The molecule has 0 spiro atoms. The minimum absolute atomic E-state index is 0.118. The van der Waals surface area contributed by atoms with Crippen LogP contribution in [0.15, 0.2) is 18.3 Å². The van der Waals surface area contributed by atoms with Crippen molar-refractivity contribution in [2.45, 2.75) is 44.6 Å². The van der Waals surface area contributed by atoms with E-state index in [0.29, 0.717) is 6.92 Å². The zero-order valence-electron chi connectivity index (χ0n) is 16.8. The van der Waals surface area contributed by atoms with Gasteiger partial charge in [0.25, 0.3) is 17.7 Å². The number of aromatic nitrogens is 3. The summed E-state index contributed by atoms with van der Waals surface area (Å²) in [4.78, 5) is 28.0. The van der Waals surface area contributed by atoms with Crippen LogP contribution in [0.5, 0.6) is 5.75 Å². The molecule has 0 bridgehead atoms. The summed E-state index contributed by atoms with van der Waals surface area (Å²) < 4.78 is 61.4. The molecule has 1 aliphatic carbocycles. The van der Waals surface area contributed by atoms with Gasteiger partial charge in [-0.05, 0) is 24.5 Å². The number of carbonyl (C=O) groups is 2. The largest absolute Gasteiger partial charge is 0.492 e. The highest BCUT2D eigenvalue weighted by Crippen LogP contribution is 2.41. The van der Waals surface area contributed by atoms with E-state index < -0.39 is 47.4 Å². The Hall–Kier alpha value is -3.18. The number of rotatable bonds is 7. The molecule has 2 aromatic heterocycles. The van der Waals surface area contributed by atoms with Crippen molar-refractivity contribution in [1.29, 1.82) is 0 Å². The van der Waals surface area contributed by atoms with E-state index in [1.54, 1.807) is 0 Å². The monoisotopic (exact) mass is 443 g/mol. The average Bonchev–Trinajstić information content (AvgIpc) is 3.21. The highest BCUT2D eigenvalue weighted by Gasteiger charge is 2.42. The summed E-state index contributed by atoms with van der Waals surface area (Å²) >= 11 is 0. The molecule has 8 nitrogen and oxygen atoms in total. The van der Waals surface area contributed by atoms with Crippen LogP contribution in [0.4, 0.5) is 23.2 Å². The number of nitrogens with two attached hydrogens (primary N) is 1. The number of methoxy groups -OCH3 is 1. The Balaban J connectivity index is 1.98. The maximum atomic E-state index is 14.1. The number of ether oxygens (including phenoxy) is 1. The first-order chi connectivity index (χ1) is 14.4. The number of pyridine rings is 1. The van der Waals surface area contributed by atoms with E-state index in [1.165, 1.54) is 18.3 Å². The summed E-state index contributed by atoms with van der Waals surface area (Å²) in [7, 11) is 1.11. The summed E-state index contributed by atoms with van der Waals surface area (Å²) in [6.45, 7) is 0.434. The molecule has 0 aliphatic heterocycles. The molecule has 1 fully saturated rings. The predicted octanol–water partition coefficient (Wildman–Crippen LogP) is 3.19. The van der Waals surface area contributed by atoms with E-state index in [4.69, 9.17) is 10.5 Å². The highest BCUT2D eigenvalue weighted by atomic mass is 19.3. The molecule has 1 aliphatic rings. The summed E-state index contributed by atoms with van der Waals surface area (Å²) in [6, 6.07) is 2.57. The van der Waals surface area contributed by atoms with E-state index in [0.717, 1.165) is 11.8 Å². The van der Waals surface area contributed by atoms with Crippen molar-refractivity contribution in [3.63, 3.8) is 0 Å². The highest BCUT2D eigenvalue weighted by molar-refractivity contribution is 6.05. The van der Waals surface area contributed by atoms with E-state index in [-0.39, 0.29) is 36.5 Å². The van der Waals surface area contributed by atoms with Gasteiger partial charge in [0.15, 0.2) is 17.1 Å². The Kier molecular flexibility index (Phi) is 5.92. The zero-order valence-corrected chi connectivity index (χ0v) is 16.8. The first-order valence-corrected chi connectivity index (χ1v) is 9.39. The smallest absolute Gasteiger partial charge is 0.292 e. The van der Waals surface area contributed by atoms with Crippen molar-refractivity contribution in [1.82, 2.24) is 14.8 Å². The Bertz CT molecular complexity index is 1000. The number of nitrogens with one attached hydrogen (secondary N) is 1. The lowest BCUT2D eigenvalue weighted by atomic mass is 10.1. The van der Waals surface area contributed by atoms with Crippen molar-refractivity contribution >= 4 is 17.5 Å². The quantitative estimate of drug-likeness (QED) is 0.639. The van der Waals surface area contributed by atoms with E-state index >= 15 is 0 Å². The standard InChI is InChI=1S/C19H21F4N5O3/c1-18(20,21)15-14(31-2)13(28(27-15)9-10-3-5-19(22,23)8-10)17(30)26-11-4-6-25-12(7-11)16(24)29/h4,6-7,10H,3,5,8-9H2,1-2H3,(H2,24,29)(H,25,26,30)/t10-/m1/s1. The van der Waals surface area contributed by atoms with Crippen molar-refractivity contribution in [3.8, 4) is 5.75 Å². The number of anilines is 1. The molecule has 0 radical (unpaired) electrons. The molecule has 0 saturated heterocycles. The Morgan fingerprint density at radius 1 is 1.42 bits per heavy atom. The van der Waals surface area contributed by atoms with Crippen molar-refractivity contribution in [3.05, 3.63) is 35.4 Å². The van der Waals surface area contributed by atoms with Crippen molar-refractivity contribution in [2.24, 2.45) is 11.7 Å². The third-order valence-corrected chi connectivity index (χ3v) is 4.95. The molecule has 168 valence electrons. The first kappa shape index (κ1) is 22.5. The van der Waals surface area contributed by atoms with Gasteiger partial charge in [0.05, 0.1) is 7.11 Å². The Labute approximate surface area is 174 Å². The van der Waals surface area contributed by atoms with Crippen molar-refractivity contribution in [2.75, 3.05) is 12.4 Å². The zero-order chi connectivity index (χ0) is 23.0. The van der Waals surface area contributed by atoms with Gasteiger partial charge in [-0.1, -0.05) is 0 Å². The van der Waals surface area contributed by atoms with Gasteiger partial charge in [-0.15, -0.1) is 0 Å². The lowest BCUT2D eigenvalue weighted by Crippen LogP contribution is -2.22. The second-order valence-corrected chi connectivity index (χ2v) is 7.51. The number of alkyl halides is 4. The molecule has 2 amide bonds. The normalized spacial score (nSPS) is 18.1.